The maximum absolute atomic E-state index is 13.7. The smallest absolute Gasteiger partial charge is 0.245 e. The zero-order valence-electron chi connectivity index (χ0n) is 34.0. The summed E-state index contributed by atoms with van der Waals surface area (Å²) in [7, 11) is -9.41. The Hall–Kier alpha value is -6.44. The summed E-state index contributed by atoms with van der Waals surface area (Å²) in [5, 5.41) is 10.8. The minimum atomic E-state index is -5.26. The normalized spacial score (nSPS) is 15.9. The third kappa shape index (κ3) is 9.69. The largest absolute Gasteiger partial charge is 0.744 e. The van der Waals surface area contributed by atoms with Crippen molar-refractivity contribution in [2.24, 2.45) is 5.92 Å². The molecule has 1 saturated heterocycles. The summed E-state index contributed by atoms with van der Waals surface area (Å²) < 4.78 is 64.0. The highest BCUT2D eigenvalue weighted by Crippen LogP contribution is 2.40. The highest BCUT2D eigenvalue weighted by molar-refractivity contribution is 7.91. The van der Waals surface area contributed by atoms with Crippen LogP contribution < -0.4 is 27.0 Å². The van der Waals surface area contributed by atoms with Crippen molar-refractivity contribution >= 4 is 72.2 Å². The Kier molecular flexibility index (Phi) is 13.3. The van der Waals surface area contributed by atoms with Crippen LogP contribution in [-0.4, -0.2) is 98.5 Å². The summed E-state index contributed by atoms with van der Waals surface area (Å²) in [6.45, 7) is 4.82. The van der Waals surface area contributed by atoms with Gasteiger partial charge in [-0.1, -0.05) is 74.5 Å². The minimum Gasteiger partial charge on any atom is -0.744 e. The Morgan fingerprint density at radius 1 is 0.823 bits per heavy atom. The maximum atomic E-state index is 13.7. The van der Waals surface area contributed by atoms with E-state index in [1.807, 2.05) is 0 Å². The van der Waals surface area contributed by atoms with Crippen LogP contribution >= 0.6 is 0 Å². The number of nitrogens with zero attached hydrogens (tertiary/aromatic N) is 1. The Balaban J connectivity index is 1.17. The highest BCUT2D eigenvalue weighted by Gasteiger charge is 2.39. The van der Waals surface area contributed by atoms with E-state index in [0.717, 1.165) is 6.07 Å². The molecule has 4 amide bonds. The van der Waals surface area contributed by atoms with E-state index in [0.29, 0.717) is 18.4 Å². The van der Waals surface area contributed by atoms with Gasteiger partial charge in [-0.3, -0.25) is 28.8 Å². The first-order valence-electron chi connectivity index (χ1n) is 19.7. The molecule has 6 rings (SSSR count). The lowest BCUT2D eigenvalue weighted by Gasteiger charge is -2.29. The fraction of sp³-hybridized carbons (Fsp3) is 0.302. The Labute approximate surface area is 358 Å². The van der Waals surface area contributed by atoms with Gasteiger partial charge in [-0.25, -0.2) is 16.8 Å². The van der Waals surface area contributed by atoms with E-state index < -0.39 is 89.3 Å². The minimum absolute atomic E-state index is 0.0168. The summed E-state index contributed by atoms with van der Waals surface area (Å²) in [6.07, 6.45) is 0.900. The Bertz CT molecular complexity index is 2690. The number of carbonyl (C=O) groups is 6. The van der Waals surface area contributed by atoms with E-state index in [1.54, 1.807) is 51.1 Å². The molecule has 326 valence electrons. The van der Waals surface area contributed by atoms with Crippen molar-refractivity contribution in [3.63, 3.8) is 0 Å². The van der Waals surface area contributed by atoms with Crippen LogP contribution in [0.5, 0.6) is 0 Å². The van der Waals surface area contributed by atoms with Crippen molar-refractivity contribution in [2.45, 2.75) is 68.0 Å². The van der Waals surface area contributed by atoms with Crippen LogP contribution in [0.1, 0.15) is 71.0 Å². The molecule has 4 aromatic carbocycles. The Morgan fingerprint density at radius 2 is 1.47 bits per heavy atom. The molecule has 62 heavy (non-hydrogen) atoms. The SMILES string of the molecule is CC(C)C(=O)NC(C)C(=O)N1CCCC1C(=O)NC(Cc1ccccc1)C(=O)NCCS(=O)(=O)c1cccc(Nc2cc(S(=O)(=O)[O-])c(N)c3c2C(=O)c2ccccc2C3=O)c1. The molecule has 0 aromatic heterocycles. The number of carbonyl (C=O) groups excluding carboxylic acids is 6. The molecule has 0 saturated carbocycles. The fourth-order valence-electron chi connectivity index (χ4n) is 7.39. The fourth-order valence-corrected chi connectivity index (χ4v) is 9.22. The molecule has 3 atom stereocenters. The van der Waals surface area contributed by atoms with Gasteiger partial charge in [0.05, 0.1) is 38.0 Å². The topological polar surface area (TPSA) is 271 Å². The van der Waals surface area contributed by atoms with E-state index in [9.17, 15) is 50.2 Å². The van der Waals surface area contributed by atoms with E-state index >= 15 is 0 Å². The molecule has 1 aliphatic heterocycles. The van der Waals surface area contributed by atoms with Gasteiger partial charge in [0.25, 0.3) is 0 Å². The van der Waals surface area contributed by atoms with Crippen LogP contribution in [0.25, 0.3) is 0 Å². The molecule has 17 nitrogen and oxygen atoms in total. The number of ketones is 2. The van der Waals surface area contributed by atoms with E-state index in [1.165, 1.54) is 53.4 Å². The van der Waals surface area contributed by atoms with Gasteiger partial charge in [0, 0.05) is 42.2 Å². The monoisotopic (exact) mass is 885 g/mol. The first-order valence-corrected chi connectivity index (χ1v) is 22.8. The van der Waals surface area contributed by atoms with E-state index in [4.69, 9.17) is 5.73 Å². The zero-order valence-corrected chi connectivity index (χ0v) is 35.6. The van der Waals surface area contributed by atoms with Gasteiger partial charge < -0.3 is 36.5 Å². The summed E-state index contributed by atoms with van der Waals surface area (Å²) >= 11 is 0. The number of nitrogen functional groups attached to an aromatic ring is 1. The summed E-state index contributed by atoms with van der Waals surface area (Å²) in [5.74, 6) is -4.43. The number of sulfone groups is 1. The van der Waals surface area contributed by atoms with Crippen molar-refractivity contribution in [1.29, 1.82) is 0 Å². The van der Waals surface area contributed by atoms with Crippen molar-refractivity contribution < 1.29 is 50.2 Å². The van der Waals surface area contributed by atoms with Gasteiger partial charge in [-0.05, 0) is 49.6 Å². The lowest BCUT2D eigenvalue weighted by atomic mass is 9.82. The number of rotatable bonds is 15. The lowest BCUT2D eigenvalue weighted by Crippen LogP contribution is -2.56. The van der Waals surface area contributed by atoms with Gasteiger partial charge in [0.2, 0.25) is 23.6 Å². The molecular weight excluding hydrogens is 841 g/mol. The van der Waals surface area contributed by atoms with Crippen LogP contribution in [0.4, 0.5) is 17.1 Å². The van der Waals surface area contributed by atoms with Gasteiger partial charge >= 0.3 is 0 Å². The number of benzene rings is 4. The van der Waals surface area contributed by atoms with Crippen molar-refractivity contribution in [1.82, 2.24) is 20.9 Å². The first-order chi connectivity index (χ1) is 29.3. The van der Waals surface area contributed by atoms with Crippen LogP contribution in [0.3, 0.4) is 0 Å². The average Bonchev–Trinajstić information content (AvgIpc) is 3.73. The number of nitrogens with one attached hydrogen (secondary N) is 4. The summed E-state index contributed by atoms with van der Waals surface area (Å²) in [5.41, 5.74) is 5.00. The predicted octanol–water partition coefficient (Wildman–Crippen LogP) is 2.46. The van der Waals surface area contributed by atoms with Crippen LogP contribution in [0, 0.1) is 5.92 Å². The molecule has 1 aliphatic carbocycles. The molecular formula is C43H45N6O11S2-. The highest BCUT2D eigenvalue weighted by atomic mass is 32.2. The lowest BCUT2D eigenvalue weighted by molar-refractivity contribution is -0.142. The quantitative estimate of drug-likeness (QED) is 0.0748. The summed E-state index contributed by atoms with van der Waals surface area (Å²) in [6, 6.07) is 17.8. The summed E-state index contributed by atoms with van der Waals surface area (Å²) in [4.78, 5) is 80.4. The molecule has 19 heteroatoms. The molecule has 0 bridgehead atoms. The number of amides is 4. The zero-order chi connectivity index (χ0) is 45.1. The molecule has 3 unspecified atom stereocenters. The number of fused-ring (bicyclic) bond motifs is 2. The first kappa shape index (κ1) is 45.1. The van der Waals surface area contributed by atoms with Crippen molar-refractivity contribution in [3.05, 3.63) is 113 Å². The van der Waals surface area contributed by atoms with Gasteiger partial charge in [-0.2, -0.15) is 0 Å². The predicted molar refractivity (Wildman–Crippen MR) is 226 cm³/mol. The molecule has 0 radical (unpaired) electrons. The number of anilines is 3. The maximum Gasteiger partial charge on any atom is 0.245 e. The second kappa shape index (κ2) is 18.3. The van der Waals surface area contributed by atoms with Gasteiger partial charge in [0.15, 0.2) is 21.4 Å². The van der Waals surface area contributed by atoms with Crippen LogP contribution in [-0.2, 0) is 45.6 Å². The molecule has 2 aliphatic rings. The standard InChI is InChI=1S/C43H46N6O11S2/c1-24(2)40(52)46-25(3)43(55)49-19-10-17-33(49)42(54)48-32(21-26-11-5-4-6-12-26)41(53)45-18-20-61(56,57)28-14-9-13-27(22-28)47-31-23-34(62(58,59)60)37(44)36-35(31)38(50)29-15-7-8-16-30(29)39(36)51/h4-9,11-16,22-25,32-33,47H,10,17-21,44H2,1-3H3,(H,45,53)(H,46,52)(H,48,54)(H,58,59,60)/p-1. The third-order valence-corrected chi connectivity index (χ3v) is 13.2. The van der Waals surface area contributed by atoms with Gasteiger partial charge in [0.1, 0.15) is 28.2 Å². The van der Waals surface area contributed by atoms with Gasteiger partial charge in [-0.15, -0.1) is 0 Å². The number of nitrogens with two attached hydrogens (primary N) is 1. The van der Waals surface area contributed by atoms with E-state index in [-0.39, 0.29) is 64.3 Å². The molecule has 6 N–H and O–H groups in total. The second-order valence-corrected chi connectivity index (χ2v) is 18.8. The number of hydrogen-bond donors (Lipinski definition) is 5. The molecule has 4 aromatic rings. The molecule has 1 heterocycles. The average molecular weight is 886 g/mol. The van der Waals surface area contributed by atoms with Crippen LogP contribution in [0.15, 0.2) is 94.7 Å². The van der Waals surface area contributed by atoms with Crippen LogP contribution in [0.2, 0.25) is 0 Å². The molecule has 0 spiro atoms. The van der Waals surface area contributed by atoms with E-state index in [2.05, 4.69) is 21.3 Å². The molecule has 1 fully saturated rings. The van der Waals surface area contributed by atoms with Crippen molar-refractivity contribution in [3.8, 4) is 0 Å². The second-order valence-electron chi connectivity index (χ2n) is 15.3. The van der Waals surface area contributed by atoms with Crippen molar-refractivity contribution in [2.75, 3.05) is 29.9 Å². The number of hydrogen-bond acceptors (Lipinski definition) is 13. The Morgan fingerprint density at radius 3 is 2.11 bits per heavy atom. The third-order valence-electron chi connectivity index (χ3n) is 10.6. The number of likely N-dealkylation sites (tertiary alicyclic amines) is 1.